The second-order valence-electron chi connectivity index (χ2n) is 9.86. The van der Waals surface area contributed by atoms with E-state index in [1.54, 1.807) is 18.3 Å². The summed E-state index contributed by atoms with van der Waals surface area (Å²) < 4.78 is 19.1. The molecule has 0 atom stereocenters. The normalized spacial score (nSPS) is 14.4. The zero-order valence-corrected chi connectivity index (χ0v) is 22.9. The van der Waals surface area contributed by atoms with E-state index >= 15 is 0 Å². The van der Waals surface area contributed by atoms with E-state index in [-0.39, 0.29) is 33.8 Å². The summed E-state index contributed by atoms with van der Waals surface area (Å²) in [5, 5.41) is 5.11. The summed E-state index contributed by atoms with van der Waals surface area (Å²) >= 11 is 5.93. The van der Waals surface area contributed by atoms with Gasteiger partial charge in [0.15, 0.2) is 0 Å². The highest BCUT2D eigenvalue weighted by Crippen LogP contribution is 2.41. The van der Waals surface area contributed by atoms with Crippen LogP contribution in [0.2, 0.25) is 5.02 Å². The number of nitrogens with one attached hydrogen (secondary N) is 2. The molecule has 2 aromatic carbocycles. The number of pyridine rings is 1. The second kappa shape index (κ2) is 11.5. The maximum absolute atomic E-state index is 14.4. The third kappa shape index (κ3) is 5.65. The van der Waals surface area contributed by atoms with Crippen molar-refractivity contribution >= 4 is 35.1 Å². The number of esters is 1. The molecule has 2 heterocycles. The van der Waals surface area contributed by atoms with Gasteiger partial charge in [-0.15, -0.1) is 0 Å². The zero-order valence-electron chi connectivity index (χ0n) is 22.2. The molecule has 1 aliphatic heterocycles. The lowest BCUT2D eigenvalue weighted by atomic mass is 9.69. The Hall–Kier alpha value is -3.82. The first-order valence-corrected chi connectivity index (χ1v) is 12.8. The molecule has 2 N–H and O–H groups in total. The number of benzene rings is 2. The van der Waals surface area contributed by atoms with E-state index in [0.717, 1.165) is 22.8 Å². The predicted octanol–water partition coefficient (Wildman–Crippen LogP) is 4.54. The molecule has 1 saturated heterocycles. The minimum atomic E-state index is -0.948. The van der Waals surface area contributed by atoms with Crippen LogP contribution in [-0.2, 0) is 21.5 Å². The molecule has 0 aliphatic carbocycles. The number of nitrogens with zero attached hydrogens (tertiary/aromatic N) is 2. The van der Waals surface area contributed by atoms with E-state index in [0.29, 0.717) is 19.6 Å². The van der Waals surface area contributed by atoms with Gasteiger partial charge in [-0.2, -0.15) is 0 Å². The lowest BCUT2D eigenvalue weighted by Crippen LogP contribution is -2.64. The fourth-order valence-corrected chi connectivity index (χ4v) is 5.08. The highest BCUT2D eigenvalue weighted by molar-refractivity contribution is 6.31. The van der Waals surface area contributed by atoms with Crippen LogP contribution < -0.4 is 10.6 Å². The third-order valence-electron chi connectivity index (χ3n) is 6.93. The van der Waals surface area contributed by atoms with Crippen molar-refractivity contribution in [1.82, 2.24) is 15.2 Å². The van der Waals surface area contributed by atoms with Crippen LogP contribution in [0.15, 0.2) is 54.7 Å². The highest BCUT2D eigenvalue weighted by atomic mass is 35.5. The van der Waals surface area contributed by atoms with E-state index in [2.05, 4.69) is 34.4 Å². The maximum atomic E-state index is 14.4. The quantitative estimate of drug-likeness (QED) is 0.398. The topological polar surface area (TPSA) is 101 Å². The Kier molecular flexibility index (Phi) is 8.32. The van der Waals surface area contributed by atoms with Gasteiger partial charge in [-0.1, -0.05) is 55.8 Å². The Morgan fingerprint density at radius 3 is 2.49 bits per heavy atom. The molecule has 39 heavy (non-hydrogen) atoms. The number of amides is 2. The van der Waals surface area contributed by atoms with Crippen molar-refractivity contribution in [2.75, 3.05) is 32.6 Å². The molecule has 1 aromatic heterocycles. The first-order valence-electron chi connectivity index (χ1n) is 12.5. The largest absolute Gasteiger partial charge is 0.464 e. The third-order valence-corrected chi connectivity index (χ3v) is 7.22. The minimum absolute atomic E-state index is 0.0451. The lowest BCUT2D eigenvalue weighted by molar-refractivity contribution is -0.128. The van der Waals surface area contributed by atoms with Gasteiger partial charge < -0.3 is 15.4 Å². The number of anilines is 1. The van der Waals surface area contributed by atoms with Crippen molar-refractivity contribution < 1.29 is 23.5 Å². The number of methoxy groups -OCH3 is 1. The molecule has 1 fully saturated rings. The van der Waals surface area contributed by atoms with Gasteiger partial charge >= 0.3 is 5.97 Å². The fourth-order valence-electron chi connectivity index (χ4n) is 4.92. The number of hydrogen-bond acceptors (Lipinski definition) is 6. The summed E-state index contributed by atoms with van der Waals surface area (Å²) in [7, 11) is 2.75. The molecule has 204 valence electrons. The van der Waals surface area contributed by atoms with Crippen molar-refractivity contribution in [1.29, 1.82) is 0 Å². The van der Waals surface area contributed by atoms with Gasteiger partial charge in [0.1, 0.15) is 11.5 Å². The van der Waals surface area contributed by atoms with E-state index in [4.69, 9.17) is 16.3 Å². The number of likely N-dealkylation sites (tertiary alicyclic amines) is 1. The van der Waals surface area contributed by atoms with Gasteiger partial charge in [0.05, 0.1) is 28.8 Å². The average molecular weight is 553 g/mol. The summed E-state index contributed by atoms with van der Waals surface area (Å²) in [5.74, 6) is -1.94. The van der Waals surface area contributed by atoms with Gasteiger partial charge in [0, 0.05) is 32.9 Å². The molecule has 0 unspecified atom stereocenters. The molecule has 1 aliphatic rings. The average Bonchev–Trinajstić information content (AvgIpc) is 2.91. The summed E-state index contributed by atoms with van der Waals surface area (Å²) in [4.78, 5) is 44.5. The molecular formula is C29H30ClFN4O4. The van der Waals surface area contributed by atoms with Crippen LogP contribution in [0.1, 0.15) is 57.3 Å². The van der Waals surface area contributed by atoms with Crippen molar-refractivity contribution in [3.8, 4) is 0 Å². The van der Waals surface area contributed by atoms with Crippen LogP contribution in [0.5, 0.6) is 0 Å². The van der Waals surface area contributed by atoms with Crippen molar-refractivity contribution in [2.45, 2.75) is 31.7 Å². The van der Waals surface area contributed by atoms with Crippen molar-refractivity contribution in [3.63, 3.8) is 0 Å². The Morgan fingerprint density at radius 2 is 1.87 bits per heavy atom. The minimum Gasteiger partial charge on any atom is -0.464 e. The summed E-state index contributed by atoms with van der Waals surface area (Å²) in [6.07, 6.45) is 1.61. The number of rotatable bonds is 8. The van der Waals surface area contributed by atoms with Crippen LogP contribution >= 0.6 is 11.6 Å². The Morgan fingerprint density at radius 1 is 1.15 bits per heavy atom. The van der Waals surface area contributed by atoms with Gasteiger partial charge in [-0.05, 0) is 40.8 Å². The number of carbonyl (C=O) groups excluding carboxylic acids is 3. The molecule has 0 saturated carbocycles. The van der Waals surface area contributed by atoms with E-state index in [1.807, 2.05) is 24.3 Å². The Balaban J connectivity index is 1.65. The van der Waals surface area contributed by atoms with Crippen molar-refractivity contribution in [3.05, 3.63) is 93.5 Å². The molecular weight excluding hydrogens is 523 g/mol. The van der Waals surface area contributed by atoms with E-state index < -0.39 is 23.1 Å². The Bertz CT molecular complexity index is 1400. The van der Waals surface area contributed by atoms with Gasteiger partial charge in [0.25, 0.3) is 5.91 Å². The Labute approximate surface area is 231 Å². The van der Waals surface area contributed by atoms with Crippen LogP contribution in [0.25, 0.3) is 0 Å². The second-order valence-corrected chi connectivity index (χ2v) is 10.3. The lowest BCUT2D eigenvalue weighted by Gasteiger charge is -2.50. The van der Waals surface area contributed by atoms with Crippen LogP contribution in [0.4, 0.5) is 10.1 Å². The molecule has 10 heteroatoms. The van der Waals surface area contributed by atoms with Gasteiger partial charge in [0.2, 0.25) is 5.91 Å². The highest BCUT2D eigenvalue weighted by Gasteiger charge is 2.51. The number of carbonyl (C=O) groups is 3. The molecule has 4 rings (SSSR count). The molecule has 8 nitrogen and oxygen atoms in total. The standard InChI is InChI=1S/C29H30ClFN4O4/c1-17(2)19-7-5-6-8-21(19)29(15-35(16-29)14-18-9-10-24(33-13-18)27(37)39-4)28(38)34-25-12-23(31)22(30)11-20(25)26(36)32-3/h5-13,17H,14-16H2,1-4H3,(H,32,36)(H,34,38). The number of ether oxygens (including phenoxy) is 1. The molecule has 3 aromatic rings. The first kappa shape index (κ1) is 28.2. The number of halogens is 2. The maximum Gasteiger partial charge on any atom is 0.356 e. The molecule has 0 bridgehead atoms. The molecule has 2 amide bonds. The molecule has 0 radical (unpaired) electrons. The smallest absolute Gasteiger partial charge is 0.356 e. The summed E-state index contributed by atoms with van der Waals surface area (Å²) in [5.41, 5.74) is 2.16. The number of aromatic nitrogens is 1. The van der Waals surface area contributed by atoms with Gasteiger partial charge in [-0.3, -0.25) is 14.5 Å². The fraction of sp³-hybridized carbons (Fsp3) is 0.310. The van der Waals surface area contributed by atoms with Crippen LogP contribution in [-0.4, -0.2) is 54.9 Å². The van der Waals surface area contributed by atoms with Crippen molar-refractivity contribution in [2.24, 2.45) is 0 Å². The van der Waals surface area contributed by atoms with E-state index in [9.17, 15) is 18.8 Å². The molecule has 0 spiro atoms. The van der Waals surface area contributed by atoms with Crippen LogP contribution in [0, 0.1) is 5.82 Å². The predicted molar refractivity (Wildman–Crippen MR) is 146 cm³/mol. The van der Waals surface area contributed by atoms with E-state index in [1.165, 1.54) is 20.2 Å². The monoisotopic (exact) mass is 552 g/mol. The summed E-state index contributed by atoms with van der Waals surface area (Å²) in [6, 6.07) is 13.5. The zero-order chi connectivity index (χ0) is 28.3. The van der Waals surface area contributed by atoms with Gasteiger partial charge in [-0.25, -0.2) is 14.2 Å². The van der Waals surface area contributed by atoms with Crippen LogP contribution in [0.3, 0.4) is 0 Å². The first-order chi connectivity index (χ1) is 18.6. The summed E-state index contributed by atoms with van der Waals surface area (Å²) in [6.45, 7) is 5.40. The number of hydrogen-bond donors (Lipinski definition) is 2. The SMILES string of the molecule is CNC(=O)c1cc(Cl)c(F)cc1NC(=O)C1(c2ccccc2C(C)C)CN(Cc2ccc(C(=O)OC)nc2)C1.